The summed E-state index contributed by atoms with van der Waals surface area (Å²) in [6.45, 7) is 7.66. The molecule has 86 valence electrons. The summed E-state index contributed by atoms with van der Waals surface area (Å²) >= 11 is 0. The Bertz CT molecular complexity index is 263. The van der Waals surface area contributed by atoms with Crippen LogP contribution in [0.2, 0.25) is 0 Å². The highest BCUT2D eigenvalue weighted by atomic mass is 16.6. The molecule has 0 aromatic rings. The average Bonchev–Trinajstić information content (AvgIpc) is 1.99. The molecule has 0 bridgehead atoms. The number of carbonyl (C=O) groups excluding carboxylic acids is 1. The summed E-state index contributed by atoms with van der Waals surface area (Å²) < 4.78 is 5.24. The molecule has 15 heavy (non-hydrogen) atoms. The predicted molar refractivity (Wildman–Crippen MR) is 60.7 cm³/mol. The van der Waals surface area contributed by atoms with Gasteiger partial charge in [-0.15, -0.1) is 0 Å². The van der Waals surface area contributed by atoms with Gasteiger partial charge in [0, 0.05) is 12.6 Å². The van der Waals surface area contributed by atoms with Gasteiger partial charge in [0.2, 0.25) is 0 Å². The maximum Gasteiger partial charge on any atom is 0.331 e. The summed E-state index contributed by atoms with van der Waals surface area (Å²) in [5.41, 5.74) is 0.785. The SMILES string of the molecule is CN1CCC/C(=C\C(=O)OC(C)(C)C)C1. The number of rotatable bonds is 1. The molecule has 0 amide bonds. The molecule has 1 saturated heterocycles. The van der Waals surface area contributed by atoms with Gasteiger partial charge in [0.05, 0.1) is 0 Å². The maximum absolute atomic E-state index is 11.5. The molecule has 0 N–H and O–H groups in total. The highest BCUT2D eigenvalue weighted by Gasteiger charge is 2.16. The van der Waals surface area contributed by atoms with Gasteiger partial charge in [0.25, 0.3) is 0 Å². The lowest BCUT2D eigenvalue weighted by atomic mass is 10.1. The van der Waals surface area contributed by atoms with Crippen LogP contribution in [-0.2, 0) is 9.53 Å². The average molecular weight is 211 g/mol. The van der Waals surface area contributed by atoms with Crippen LogP contribution in [0.1, 0.15) is 33.6 Å². The van der Waals surface area contributed by atoms with Crippen LogP contribution in [0.25, 0.3) is 0 Å². The largest absolute Gasteiger partial charge is 0.457 e. The molecular weight excluding hydrogens is 190 g/mol. The van der Waals surface area contributed by atoms with E-state index in [4.69, 9.17) is 4.74 Å². The van der Waals surface area contributed by atoms with Crippen LogP contribution < -0.4 is 0 Å². The molecule has 0 radical (unpaired) electrons. The molecule has 1 aliphatic rings. The van der Waals surface area contributed by atoms with E-state index in [1.54, 1.807) is 6.08 Å². The molecule has 0 spiro atoms. The minimum atomic E-state index is -0.394. The zero-order chi connectivity index (χ0) is 11.5. The van der Waals surface area contributed by atoms with Crippen LogP contribution in [0.3, 0.4) is 0 Å². The van der Waals surface area contributed by atoms with Gasteiger partial charge < -0.3 is 9.64 Å². The van der Waals surface area contributed by atoms with Crippen LogP contribution >= 0.6 is 0 Å². The summed E-state index contributed by atoms with van der Waals surface area (Å²) in [6.07, 6.45) is 3.80. The lowest BCUT2D eigenvalue weighted by Gasteiger charge is -2.24. The lowest BCUT2D eigenvalue weighted by molar-refractivity contribution is -0.148. The Labute approximate surface area is 92.1 Å². The molecule has 0 aliphatic carbocycles. The molecule has 3 heteroatoms. The number of esters is 1. The van der Waals surface area contributed by atoms with Gasteiger partial charge in [0.15, 0.2) is 0 Å². The topological polar surface area (TPSA) is 29.5 Å². The first kappa shape index (κ1) is 12.2. The molecule has 1 fully saturated rings. The highest BCUT2D eigenvalue weighted by molar-refractivity contribution is 5.83. The lowest BCUT2D eigenvalue weighted by Crippen LogP contribution is -2.28. The van der Waals surface area contributed by atoms with Crippen molar-refractivity contribution in [1.82, 2.24) is 4.90 Å². The van der Waals surface area contributed by atoms with E-state index < -0.39 is 5.60 Å². The normalized spacial score (nSPS) is 21.7. The van der Waals surface area contributed by atoms with Crippen LogP contribution in [-0.4, -0.2) is 36.6 Å². The zero-order valence-corrected chi connectivity index (χ0v) is 10.2. The molecule has 1 heterocycles. The van der Waals surface area contributed by atoms with Gasteiger partial charge in [-0.05, 0) is 52.8 Å². The zero-order valence-electron chi connectivity index (χ0n) is 10.2. The third kappa shape index (κ3) is 4.98. The number of likely N-dealkylation sites (tertiary alicyclic amines) is 1. The second kappa shape index (κ2) is 4.79. The van der Waals surface area contributed by atoms with Crippen LogP contribution in [0, 0.1) is 0 Å². The first-order chi connectivity index (χ1) is 6.87. The third-order valence-corrected chi connectivity index (χ3v) is 2.24. The van der Waals surface area contributed by atoms with E-state index in [2.05, 4.69) is 11.9 Å². The summed E-state index contributed by atoms with van der Waals surface area (Å²) in [4.78, 5) is 13.7. The van der Waals surface area contributed by atoms with Crippen molar-refractivity contribution in [3.63, 3.8) is 0 Å². The van der Waals surface area contributed by atoms with Gasteiger partial charge >= 0.3 is 5.97 Å². The maximum atomic E-state index is 11.5. The second-order valence-electron chi connectivity index (χ2n) is 5.18. The number of ether oxygens (including phenoxy) is 1. The number of piperidine rings is 1. The summed E-state index contributed by atoms with van der Waals surface area (Å²) in [7, 11) is 2.07. The minimum Gasteiger partial charge on any atom is -0.457 e. The number of hydrogen-bond acceptors (Lipinski definition) is 3. The van der Waals surface area contributed by atoms with Crippen molar-refractivity contribution in [2.45, 2.75) is 39.2 Å². The number of carbonyl (C=O) groups is 1. The molecule has 0 aromatic carbocycles. The summed E-state index contributed by atoms with van der Waals surface area (Å²) in [5, 5.41) is 0. The number of hydrogen-bond donors (Lipinski definition) is 0. The first-order valence-corrected chi connectivity index (χ1v) is 5.48. The van der Waals surface area contributed by atoms with Gasteiger partial charge in [-0.1, -0.05) is 0 Å². The van der Waals surface area contributed by atoms with Crippen molar-refractivity contribution >= 4 is 5.97 Å². The molecular formula is C12H21NO2. The quantitative estimate of drug-likeness (QED) is 0.490. The van der Waals surface area contributed by atoms with E-state index in [-0.39, 0.29) is 5.97 Å². The van der Waals surface area contributed by atoms with E-state index in [9.17, 15) is 4.79 Å². The molecule has 0 saturated carbocycles. The molecule has 0 unspecified atom stereocenters. The molecule has 1 rings (SSSR count). The van der Waals surface area contributed by atoms with E-state index in [1.807, 2.05) is 20.8 Å². The fraction of sp³-hybridized carbons (Fsp3) is 0.750. The van der Waals surface area contributed by atoms with Crippen molar-refractivity contribution in [3.8, 4) is 0 Å². The van der Waals surface area contributed by atoms with Crippen molar-refractivity contribution in [2.75, 3.05) is 20.1 Å². The van der Waals surface area contributed by atoms with Gasteiger partial charge in [-0.3, -0.25) is 0 Å². The van der Waals surface area contributed by atoms with E-state index in [0.29, 0.717) is 0 Å². The Morgan fingerprint density at radius 1 is 1.47 bits per heavy atom. The standard InChI is InChI=1S/C12H21NO2/c1-12(2,3)15-11(14)8-10-6-5-7-13(4)9-10/h8H,5-7,9H2,1-4H3/b10-8+. The number of likely N-dealkylation sites (N-methyl/N-ethyl adjacent to an activating group) is 1. The Morgan fingerprint density at radius 2 is 2.13 bits per heavy atom. The van der Waals surface area contributed by atoms with Gasteiger partial charge in [-0.25, -0.2) is 4.79 Å². The third-order valence-electron chi connectivity index (χ3n) is 2.24. The first-order valence-electron chi connectivity index (χ1n) is 5.48. The van der Waals surface area contributed by atoms with Crippen LogP contribution in [0.5, 0.6) is 0 Å². The summed E-state index contributed by atoms with van der Waals surface area (Å²) in [6, 6.07) is 0. The fourth-order valence-electron chi connectivity index (χ4n) is 1.70. The van der Waals surface area contributed by atoms with Gasteiger partial charge in [0.1, 0.15) is 5.60 Å². The fourth-order valence-corrected chi connectivity index (χ4v) is 1.70. The van der Waals surface area contributed by atoms with Gasteiger partial charge in [-0.2, -0.15) is 0 Å². The Kier molecular flexibility index (Phi) is 3.91. The molecule has 0 aromatic heterocycles. The van der Waals surface area contributed by atoms with E-state index in [1.165, 1.54) is 5.57 Å². The Morgan fingerprint density at radius 3 is 2.67 bits per heavy atom. The van der Waals surface area contributed by atoms with Crippen molar-refractivity contribution in [2.24, 2.45) is 0 Å². The summed E-state index contributed by atoms with van der Waals surface area (Å²) in [5.74, 6) is -0.215. The van der Waals surface area contributed by atoms with Crippen molar-refractivity contribution < 1.29 is 9.53 Å². The number of nitrogens with zero attached hydrogens (tertiary/aromatic N) is 1. The molecule has 3 nitrogen and oxygen atoms in total. The second-order valence-corrected chi connectivity index (χ2v) is 5.18. The van der Waals surface area contributed by atoms with E-state index >= 15 is 0 Å². The van der Waals surface area contributed by atoms with Crippen molar-refractivity contribution in [3.05, 3.63) is 11.6 Å². The Balaban J connectivity index is 2.51. The smallest absolute Gasteiger partial charge is 0.331 e. The van der Waals surface area contributed by atoms with Crippen LogP contribution in [0.15, 0.2) is 11.6 Å². The molecule has 0 atom stereocenters. The monoisotopic (exact) mass is 211 g/mol. The van der Waals surface area contributed by atoms with Crippen molar-refractivity contribution in [1.29, 1.82) is 0 Å². The van der Waals surface area contributed by atoms with Crippen LogP contribution in [0.4, 0.5) is 0 Å². The Hall–Kier alpha value is -0.830. The van der Waals surface area contributed by atoms with E-state index in [0.717, 1.165) is 25.9 Å². The molecule has 1 aliphatic heterocycles. The minimum absolute atomic E-state index is 0.215. The highest BCUT2D eigenvalue weighted by Crippen LogP contribution is 2.15. The predicted octanol–water partition coefficient (Wildman–Crippen LogP) is 1.98.